The van der Waals surface area contributed by atoms with Crippen molar-refractivity contribution in [3.8, 4) is 0 Å². The first kappa shape index (κ1) is 10.1. The Hall–Kier alpha value is -1.10. The van der Waals surface area contributed by atoms with Crippen LogP contribution in [0.15, 0.2) is 0 Å². The van der Waals surface area contributed by atoms with Gasteiger partial charge >= 0.3 is 6.03 Å². The first-order valence-electron chi connectivity index (χ1n) is 5.99. The maximum absolute atomic E-state index is 11.2. The van der Waals surface area contributed by atoms with Gasteiger partial charge in [-0.1, -0.05) is 0 Å². The molecule has 3 aliphatic carbocycles. The Morgan fingerprint density at radius 2 is 1.81 bits per heavy atom. The van der Waals surface area contributed by atoms with E-state index in [1.54, 1.807) is 0 Å². The molecule has 4 N–H and O–H groups in total. The fourth-order valence-electron chi connectivity index (χ4n) is 3.99. The summed E-state index contributed by atoms with van der Waals surface area (Å²) >= 11 is 0. The number of nitrogens with two attached hydrogens (primary N) is 1. The number of fused-ring (bicyclic) bond motifs is 5. The van der Waals surface area contributed by atoms with Gasteiger partial charge in [0.15, 0.2) is 0 Å². The van der Waals surface area contributed by atoms with Crippen LogP contribution in [0, 0.1) is 23.7 Å². The van der Waals surface area contributed by atoms with E-state index in [4.69, 9.17) is 5.73 Å². The number of urea groups is 1. The number of primary amides is 1. The maximum atomic E-state index is 11.2. The third-order valence-electron chi connectivity index (χ3n) is 4.50. The summed E-state index contributed by atoms with van der Waals surface area (Å²) in [5.41, 5.74) is 4.86. The monoisotopic (exact) mass is 223 g/mol. The van der Waals surface area contributed by atoms with Crippen LogP contribution in [-0.4, -0.2) is 24.5 Å². The molecule has 5 nitrogen and oxygen atoms in total. The molecule has 3 aliphatic rings. The van der Waals surface area contributed by atoms with Gasteiger partial charge in [0.25, 0.3) is 0 Å². The number of carbonyl (C=O) groups is 2. The van der Waals surface area contributed by atoms with Crippen LogP contribution in [0.5, 0.6) is 0 Å². The lowest BCUT2D eigenvalue weighted by atomic mass is 10.0. The maximum Gasteiger partial charge on any atom is 0.318 e. The van der Waals surface area contributed by atoms with E-state index in [0.717, 1.165) is 23.7 Å². The lowest BCUT2D eigenvalue weighted by Gasteiger charge is -2.09. The first-order chi connectivity index (χ1) is 7.66. The van der Waals surface area contributed by atoms with Crippen LogP contribution in [0.4, 0.5) is 4.79 Å². The van der Waals surface area contributed by atoms with Gasteiger partial charge in [-0.15, -0.1) is 0 Å². The highest BCUT2D eigenvalue weighted by atomic mass is 16.2. The average molecular weight is 223 g/mol. The molecule has 0 aromatic heterocycles. The summed E-state index contributed by atoms with van der Waals surface area (Å²) < 4.78 is 0. The van der Waals surface area contributed by atoms with Gasteiger partial charge in [-0.2, -0.15) is 0 Å². The van der Waals surface area contributed by atoms with Crippen LogP contribution in [0.2, 0.25) is 0 Å². The minimum absolute atomic E-state index is 0.208. The highest BCUT2D eigenvalue weighted by molar-refractivity contribution is 5.94. The first-order valence-corrected chi connectivity index (χ1v) is 5.99. The Morgan fingerprint density at radius 3 is 2.38 bits per heavy atom. The highest BCUT2D eigenvalue weighted by Crippen LogP contribution is 2.65. The largest absolute Gasteiger partial charge is 0.351 e. The lowest BCUT2D eigenvalue weighted by Crippen LogP contribution is -2.41. The zero-order chi connectivity index (χ0) is 11.3. The summed E-state index contributed by atoms with van der Waals surface area (Å²) in [7, 11) is 0. The highest BCUT2D eigenvalue weighted by Gasteiger charge is 2.64. The molecule has 4 unspecified atom stereocenters. The van der Waals surface area contributed by atoms with Gasteiger partial charge in [-0.05, 0) is 42.9 Å². The van der Waals surface area contributed by atoms with Crippen molar-refractivity contribution in [2.45, 2.75) is 25.3 Å². The van der Waals surface area contributed by atoms with Gasteiger partial charge in [0, 0.05) is 6.04 Å². The summed E-state index contributed by atoms with van der Waals surface area (Å²) in [6.45, 7) is 0.208. The van der Waals surface area contributed by atoms with Gasteiger partial charge in [-0.3, -0.25) is 10.1 Å². The molecule has 3 amide bonds. The van der Waals surface area contributed by atoms with Crippen LogP contribution >= 0.6 is 0 Å². The van der Waals surface area contributed by atoms with Gasteiger partial charge in [0.05, 0.1) is 6.54 Å². The number of nitrogens with one attached hydrogen (secondary N) is 2. The molecule has 0 spiro atoms. The molecule has 0 aliphatic heterocycles. The topological polar surface area (TPSA) is 84.2 Å². The second kappa shape index (κ2) is 3.45. The third kappa shape index (κ3) is 1.50. The Balaban J connectivity index is 1.45. The van der Waals surface area contributed by atoms with Crippen LogP contribution in [0.3, 0.4) is 0 Å². The Kier molecular flexibility index (Phi) is 2.17. The van der Waals surface area contributed by atoms with Gasteiger partial charge in [0.2, 0.25) is 5.91 Å². The van der Waals surface area contributed by atoms with Crippen molar-refractivity contribution in [3.05, 3.63) is 0 Å². The molecule has 3 fully saturated rings. The molecule has 0 aromatic carbocycles. The van der Waals surface area contributed by atoms with E-state index in [9.17, 15) is 9.59 Å². The van der Waals surface area contributed by atoms with Crippen LogP contribution < -0.4 is 16.4 Å². The van der Waals surface area contributed by atoms with Crippen molar-refractivity contribution >= 4 is 11.9 Å². The number of carbonyl (C=O) groups excluding carboxylic acids is 2. The second-order valence-corrected chi connectivity index (χ2v) is 5.31. The smallest absolute Gasteiger partial charge is 0.318 e. The van der Waals surface area contributed by atoms with Crippen LogP contribution in [-0.2, 0) is 4.79 Å². The van der Waals surface area contributed by atoms with E-state index in [1.807, 2.05) is 0 Å². The van der Waals surface area contributed by atoms with Crippen molar-refractivity contribution in [2.24, 2.45) is 29.4 Å². The van der Waals surface area contributed by atoms with Gasteiger partial charge in [-0.25, -0.2) is 4.79 Å². The van der Waals surface area contributed by atoms with Crippen molar-refractivity contribution in [3.63, 3.8) is 0 Å². The number of hydrogen-bond donors (Lipinski definition) is 3. The molecule has 3 saturated carbocycles. The number of hydrogen-bond acceptors (Lipinski definition) is 3. The van der Waals surface area contributed by atoms with Crippen LogP contribution in [0.1, 0.15) is 19.3 Å². The predicted octanol–water partition coefficient (Wildman–Crippen LogP) is -0.185. The number of imide groups is 1. The molecule has 0 radical (unpaired) electrons. The summed E-state index contributed by atoms with van der Waals surface area (Å²) in [6.07, 6.45) is 4.15. The fourth-order valence-corrected chi connectivity index (χ4v) is 3.99. The molecule has 0 aromatic rings. The fraction of sp³-hybridized carbons (Fsp3) is 0.818. The second-order valence-electron chi connectivity index (χ2n) is 5.31. The molecular formula is C11H17N3O2. The van der Waals surface area contributed by atoms with E-state index in [1.165, 1.54) is 19.3 Å². The summed E-state index contributed by atoms with van der Waals surface area (Å²) in [4.78, 5) is 21.7. The zero-order valence-electron chi connectivity index (χ0n) is 9.11. The van der Waals surface area contributed by atoms with E-state index < -0.39 is 6.03 Å². The quantitative estimate of drug-likeness (QED) is 0.620. The molecule has 0 saturated heterocycles. The van der Waals surface area contributed by atoms with Crippen molar-refractivity contribution in [2.75, 3.05) is 6.54 Å². The van der Waals surface area contributed by atoms with Crippen molar-refractivity contribution in [1.82, 2.24) is 10.6 Å². The molecule has 2 bridgehead atoms. The summed E-state index contributed by atoms with van der Waals surface area (Å²) in [5.74, 6) is 3.07. The standard InChI is InChI=1S/C11H17N3O2/c12-11(16)14-7(15)4-13-10-8-5-1-2-6(3-5)9(8)10/h5-6,8-10,13H,1-4H2,(H3,12,14,15,16). The minimum atomic E-state index is -0.775. The number of rotatable bonds is 3. The van der Waals surface area contributed by atoms with Crippen LogP contribution in [0.25, 0.3) is 0 Å². The molecule has 88 valence electrons. The SMILES string of the molecule is NC(=O)NC(=O)CNC1C2C3CCC(C3)C12. The third-order valence-corrected chi connectivity index (χ3v) is 4.50. The molecule has 16 heavy (non-hydrogen) atoms. The number of amides is 3. The molecule has 0 heterocycles. The van der Waals surface area contributed by atoms with E-state index in [0.29, 0.717) is 6.04 Å². The van der Waals surface area contributed by atoms with E-state index in [-0.39, 0.29) is 12.5 Å². The summed E-state index contributed by atoms with van der Waals surface area (Å²) in [6, 6.07) is -0.257. The summed E-state index contributed by atoms with van der Waals surface area (Å²) in [5, 5.41) is 5.31. The Morgan fingerprint density at radius 1 is 1.19 bits per heavy atom. The van der Waals surface area contributed by atoms with E-state index >= 15 is 0 Å². The van der Waals surface area contributed by atoms with Crippen molar-refractivity contribution in [1.29, 1.82) is 0 Å². The van der Waals surface area contributed by atoms with Gasteiger partial charge in [0.1, 0.15) is 0 Å². The molecular weight excluding hydrogens is 206 g/mol. The molecule has 4 atom stereocenters. The Bertz CT molecular complexity index is 328. The van der Waals surface area contributed by atoms with E-state index in [2.05, 4.69) is 10.6 Å². The Labute approximate surface area is 94.1 Å². The molecule has 5 heteroatoms. The minimum Gasteiger partial charge on any atom is -0.351 e. The lowest BCUT2D eigenvalue weighted by molar-refractivity contribution is -0.119. The molecule has 3 rings (SSSR count). The van der Waals surface area contributed by atoms with Crippen molar-refractivity contribution < 1.29 is 9.59 Å². The van der Waals surface area contributed by atoms with Gasteiger partial charge < -0.3 is 11.1 Å². The predicted molar refractivity (Wildman–Crippen MR) is 57.3 cm³/mol. The zero-order valence-corrected chi connectivity index (χ0v) is 9.11. The normalized spacial score (nSPS) is 42.9. The average Bonchev–Trinajstić information content (AvgIpc) is 2.62.